The molecule has 0 aliphatic heterocycles. The number of benzene rings is 2. The van der Waals surface area contributed by atoms with E-state index in [-0.39, 0.29) is 12.4 Å². The van der Waals surface area contributed by atoms with Crippen molar-refractivity contribution in [2.45, 2.75) is 58.5 Å². The molecule has 0 bridgehead atoms. The average molecular weight is 439 g/mol. The van der Waals surface area contributed by atoms with Crippen LogP contribution in [0.25, 0.3) is 11.3 Å². The molecule has 3 aromatic rings. The maximum atomic E-state index is 11.8. The third-order valence-electron chi connectivity index (χ3n) is 5.49. The first-order chi connectivity index (χ1) is 14.8. The summed E-state index contributed by atoms with van der Waals surface area (Å²) in [6, 6.07) is 17.8. The largest absolute Gasteiger partial charge is 0.490 e. The van der Waals surface area contributed by atoms with E-state index in [4.69, 9.17) is 26.2 Å². The predicted molar refractivity (Wildman–Crippen MR) is 121 cm³/mol. The van der Waals surface area contributed by atoms with Gasteiger partial charge < -0.3 is 9.47 Å². The molecule has 0 atom stereocenters. The van der Waals surface area contributed by atoms with Crippen molar-refractivity contribution in [2.24, 2.45) is 0 Å². The Kier molecular flexibility index (Phi) is 6.17. The van der Waals surface area contributed by atoms with Crippen LogP contribution < -0.4 is 4.74 Å². The molecule has 1 fully saturated rings. The lowest BCUT2D eigenvalue weighted by atomic mass is 10.1. The lowest BCUT2D eigenvalue weighted by Crippen LogP contribution is -2.32. The molecule has 4 rings (SSSR count). The molecule has 1 aliphatic rings. The smallest absolute Gasteiger partial charge is 0.161 e. The number of hydrogen-bond acceptors (Lipinski definition) is 4. The number of rotatable bonds is 9. The van der Waals surface area contributed by atoms with Crippen LogP contribution in [0, 0.1) is 0 Å². The molecule has 0 saturated heterocycles. The number of Topliss-reactive ketones (excluding diaryl/α,β-unsaturated/α-hetero) is 1. The standard InChI is InChI=1S/C25H27ClN2O3/c1-17(29)25(2,3)30-16-20-14-24(18-8-6-9-22(13-18)31-21-11-12-21)28(27-20)15-19-7-4-5-10-23(19)26/h4-10,13-14,21H,11-12,15-16H2,1-3H3. The third-order valence-corrected chi connectivity index (χ3v) is 5.86. The van der Waals surface area contributed by atoms with Crippen LogP contribution in [0.1, 0.15) is 44.9 Å². The highest BCUT2D eigenvalue weighted by molar-refractivity contribution is 6.31. The highest BCUT2D eigenvalue weighted by atomic mass is 35.5. The Hall–Kier alpha value is -2.63. The topological polar surface area (TPSA) is 53.4 Å². The lowest BCUT2D eigenvalue weighted by Gasteiger charge is -2.21. The molecule has 1 saturated carbocycles. The number of hydrogen-bond donors (Lipinski definition) is 0. The molecule has 0 unspecified atom stereocenters. The Morgan fingerprint density at radius 2 is 1.94 bits per heavy atom. The molecular formula is C25H27ClN2O3. The lowest BCUT2D eigenvalue weighted by molar-refractivity contribution is -0.139. The minimum atomic E-state index is -0.856. The molecule has 1 heterocycles. The van der Waals surface area contributed by atoms with Gasteiger partial charge in [-0.15, -0.1) is 0 Å². The molecule has 6 heteroatoms. The van der Waals surface area contributed by atoms with Gasteiger partial charge in [-0.2, -0.15) is 5.10 Å². The van der Waals surface area contributed by atoms with E-state index in [9.17, 15) is 4.79 Å². The summed E-state index contributed by atoms with van der Waals surface area (Å²) in [6.07, 6.45) is 2.56. The van der Waals surface area contributed by atoms with Gasteiger partial charge in [0.15, 0.2) is 5.78 Å². The number of carbonyl (C=O) groups excluding carboxylic acids is 1. The second kappa shape index (κ2) is 8.85. The number of halogens is 1. The molecule has 1 aliphatic carbocycles. The van der Waals surface area contributed by atoms with Gasteiger partial charge in [0, 0.05) is 10.6 Å². The SMILES string of the molecule is CC(=O)C(C)(C)OCc1cc(-c2cccc(OC3CC3)c2)n(Cc2ccccc2Cl)n1. The Labute approximate surface area is 187 Å². The van der Waals surface area contributed by atoms with Gasteiger partial charge in [-0.05, 0) is 63.4 Å². The third kappa shape index (κ3) is 5.35. The Morgan fingerprint density at radius 3 is 2.65 bits per heavy atom. The molecule has 5 nitrogen and oxygen atoms in total. The molecular weight excluding hydrogens is 412 g/mol. The summed E-state index contributed by atoms with van der Waals surface area (Å²) in [5.41, 5.74) is 2.83. The molecule has 0 N–H and O–H groups in total. The summed E-state index contributed by atoms with van der Waals surface area (Å²) in [5.74, 6) is 0.842. The van der Waals surface area contributed by atoms with Gasteiger partial charge in [0.25, 0.3) is 0 Å². The fourth-order valence-corrected chi connectivity index (χ4v) is 3.34. The van der Waals surface area contributed by atoms with E-state index >= 15 is 0 Å². The summed E-state index contributed by atoms with van der Waals surface area (Å²) in [5, 5.41) is 5.47. The van der Waals surface area contributed by atoms with Crippen molar-refractivity contribution in [3.05, 3.63) is 70.9 Å². The van der Waals surface area contributed by atoms with Gasteiger partial charge in [0.2, 0.25) is 0 Å². The van der Waals surface area contributed by atoms with Crippen molar-refractivity contribution >= 4 is 17.4 Å². The van der Waals surface area contributed by atoms with Crippen molar-refractivity contribution in [2.75, 3.05) is 0 Å². The van der Waals surface area contributed by atoms with Crippen LogP contribution in [-0.4, -0.2) is 27.3 Å². The van der Waals surface area contributed by atoms with Crippen LogP contribution in [0.15, 0.2) is 54.6 Å². The van der Waals surface area contributed by atoms with Crippen molar-refractivity contribution in [3.8, 4) is 17.0 Å². The fourth-order valence-electron chi connectivity index (χ4n) is 3.14. The van der Waals surface area contributed by atoms with Crippen LogP contribution in [0.3, 0.4) is 0 Å². The van der Waals surface area contributed by atoms with Crippen LogP contribution in [-0.2, 0) is 22.7 Å². The van der Waals surface area contributed by atoms with Crippen LogP contribution in [0.2, 0.25) is 5.02 Å². The van der Waals surface area contributed by atoms with Crippen molar-refractivity contribution in [1.82, 2.24) is 9.78 Å². The predicted octanol–water partition coefficient (Wildman–Crippen LogP) is 5.68. The first kappa shape index (κ1) is 21.6. The first-order valence-electron chi connectivity index (χ1n) is 10.5. The number of aromatic nitrogens is 2. The van der Waals surface area contributed by atoms with Gasteiger partial charge in [0.1, 0.15) is 11.4 Å². The van der Waals surface area contributed by atoms with Crippen molar-refractivity contribution < 1.29 is 14.3 Å². The Morgan fingerprint density at radius 1 is 1.16 bits per heavy atom. The van der Waals surface area contributed by atoms with Crippen LogP contribution in [0.4, 0.5) is 0 Å². The summed E-state index contributed by atoms with van der Waals surface area (Å²) < 4.78 is 13.8. The average Bonchev–Trinajstić information content (AvgIpc) is 3.45. The highest BCUT2D eigenvalue weighted by Gasteiger charge is 2.26. The second-order valence-corrected chi connectivity index (χ2v) is 8.88. The first-order valence-corrected chi connectivity index (χ1v) is 10.9. The second-order valence-electron chi connectivity index (χ2n) is 8.47. The van der Waals surface area contributed by atoms with Crippen LogP contribution >= 0.6 is 11.6 Å². The minimum absolute atomic E-state index is 0.0202. The highest BCUT2D eigenvalue weighted by Crippen LogP contribution is 2.31. The van der Waals surface area contributed by atoms with E-state index in [0.717, 1.165) is 41.1 Å². The zero-order valence-electron chi connectivity index (χ0n) is 18.1. The molecule has 0 spiro atoms. The Bertz CT molecular complexity index is 1090. The summed E-state index contributed by atoms with van der Waals surface area (Å²) >= 11 is 6.40. The summed E-state index contributed by atoms with van der Waals surface area (Å²) in [4.78, 5) is 11.8. The van der Waals surface area contributed by atoms with Gasteiger partial charge in [-0.25, -0.2) is 0 Å². The van der Waals surface area contributed by atoms with E-state index in [1.54, 1.807) is 13.8 Å². The Balaban J connectivity index is 1.65. The summed E-state index contributed by atoms with van der Waals surface area (Å²) in [6.45, 7) is 5.85. The monoisotopic (exact) mass is 438 g/mol. The van der Waals surface area contributed by atoms with Gasteiger partial charge in [-0.3, -0.25) is 9.48 Å². The maximum absolute atomic E-state index is 11.8. The van der Waals surface area contributed by atoms with Crippen LogP contribution in [0.5, 0.6) is 5.75 Å². The van der Waals surface area contributed by atoms with E-state index in [1.165, 1.54) is 6.92 Å². The normalized spacial score (nSPS) is 13.9. The number of ketones is 1. The van der Waals surface area contributed by atoms with E-state index in [0.29, 0.717) is 17.7 Å². The quantitative estimate of drug-likeness (QED) is 0.431. The molecule has 31 heavy (non-hydrogen) atoms. The van der Waals surface area contributed by atoms with E-state index in [1.807, 2.05) is 59.3 Å². The zero-order chi connectivity index (χ0) is 22.0. The van der Waals surface area contributed by atoms with Crippen molar-refractivity contribution in [1.29, 1.82) is 0 Å². The van der Waals surface area contributed by atoms with Gasteiger partial charge in [-0.1, -0.05) is 41.9 Å². The minimum Gasteiger partial charge on any atom is -0.490 e. The maximum Gasteiger partial charge on any atom is 0.161 e. The number of carbonyl (C=O) groups is 1. The molecule has 0 amide bonds. The fraction of sp³-hybridized carbons (Fsp3) is 0.360. The molecule has 0 radical (unpaired) electrons. The van der Waals surface area contributed by atoms with Gasteiger partial charge in [0.05, 0.1) is 30.6 Å². The molecule has 2 aromatic carbocycles. The van der Waals surface area contributed by atoms with E-state index in [2.05, 4.69) is 0 Å². The van der Waals surface area contributed by atoms with Gasteiger partial charge >= 0.3 is 0 Å². The number of ether oxygens (including phenoxy) is 2. The zero-order valence-corrected chi connectivity index (χ0v) is 18.9. The number of nitrogens with zero attached hydrogens (tertiary/aromatic N) is 2. The van der Waals surface area contributed by atoms with Crippen molar-refractivity contribution in [3.63, 3.8) is 0 Å². The molecule has 162 valence electrons. The summed E-state index contributed by atoms with van der Waals surface area (Å²) in [7, 11) is 0. The van der Waals surface area contributed by atoms with E-state index < -0.39 is 5.60 Å². The molecule has 1 aromatic heterocycles.